The number of aryl methyl sites for hydroxylation is 2. The molecule has 5 N–H and O–H groups in total. The monoisotopic (exact) mass is 516 g/mol. The fourth-order valence-corrected chi connectivity index (χ4v) is 5.41. The maximum Gasteiger partial charge on any atom is 0.304 e. The van der Waals surface area contributed by atoms with Crippen molar-refractivity contribution in [1.82, 2.24) is 4.90 Å². The summed E-state index contributed by atoms with van der Waals surface area (Å²) in [5, 5.41) is 11.3. The maximum atomic E-state index is 12.0. The minimum atomic E-state index is -0.849. The largest absolute Gasteiger partial charge is 0.489 e. The second-order valence-corrected chi connectivity index (χ2v) is 10.6. The molecule has 4 rings (SSSR count). The van der Waals surface area contributed by atoms with Crippen LogP contribution in [0.4, 0.5) is 11.4 Å². The summed E-state index contributed by atoms with van der Waals surface area (Å²) in [4.78, 5) is 14.4. The normalized spacial score (nSPS) is 16.3. The number of anilines is 2. The van der Waals surface area contributed by atoms with Gasteiger partial charge in [0, 0.05) is 38.2 Å². The molecule has 0 bridgehead atoms. The maximum absolute atomic E-state index is 12.0. The number of ether oxygens (including phenoxy) is 1. The molecular weight excluding hydrogens is 476 g/mol. The zero-order valence-electron chi connectivity index (χ0n) is 23.1. The summed E-state index contributed by atoms with van der Waals surface area (Å²) in [6, 6.07) is 16.5. The van der Waals surface area contributed by atoms with E-state index in [-0.39, 0.29) is 18.4 Å². The Labute approximate surface area is 226 Å². The van der Waals surface area contributed by atoms with Gasteiger partial charge in [-0.1, -0.05) is 48.9 Å². The molecule has 0 fully saturated rings. The lowest BCUT2D eigenvalue weighted by molar-refractivity contribution is -0.137. The Balaban J connectivity index is 1.69. The van der Waals surface area contributed by atoms with Gasteiger partial charge in [0.2, 0.25) is 0 Å². The van der Waals surface area contributed by atoms with E-state index in [1.165, 1.54) is 27.3 Å². The third-order valence-corrected chi connectivity index (χ3v) is 7.66. The Kier molecular flexibility index (Phi) is 8.29. The lowest BCUT2D eigenvalue weighted by Gasteiger charge is -2.26. The summed E-state index contributed by atoms with van der Waals surface area (Å²) < 4.78 is 6.34. The van der Waals surface area contributed by atoms with Crippen LogP contribution in [0.3, 0.4) is 0 Å². The first-order chi connectivity index (χ1) is 18.1. The number of hydrogen-bond donors (Lipinski definition) is 3. The van der Waals surface area contributed by atoms with Gasteiger partial charge in [0.15, 0.2) is 0 Å². The van der Waals surface area contributed by atoms with Crippen molar-refractivity contribution in [3.63, 3.8) is 0 Å². The highest BCUT2D eigenvalue weighted by molar-refractivity contribution is 5.74. The van der Waals surface area contributed by atoms with Crippen LogP contribution in [0.15, 0.2) is 48.5 Å². The van der Waals surface area contributed by atoms with E-state index in [0.717, 1.165) is 48.5 Å². The number of rotatable bonds is 8. The van der Waals surface area contributed by atoms with Crippen molar-refractivity contribution >= 4 is 17.3 Å². The van der Waals surface area contributed by atoms with Crippen LogP contribution < -0.4 is 21.3 Å². The van der Waals surface area contributed by atoms with Gasteiger partial charge in [0.05, 0.1) is 17.8 Å². The number of hydrazine groups is 1. The van der Waals surface area contributed by atoms with Gasteiger partial charge in [-0.3, -0.25) is 9.69 Å². The van der Waals surface area contributed by atoms with Gasteiger partial charge in [-0.25, -0.2) is 5.84 Å². The Hall–Kier alpha value is -3.55. The summed E-state index contributed by atoms with van der Waals surface area (Å²) in [5.41, 5.74) is 15.2. The van der Waals surface area contributed by atoms with Gasteiger partial charge >= 0.3 is 5.97 Å². The number of nitrogen functional groups attached to an aromatic ring is 1. The molecular formula is C31H40N4O3. The quantitative estimate of drug-likeness (QED) is 0.212. The molecule has 0 radical (unpaired) electrons. The Morgan fingerprint density at radius 1 is 1.16 bits per heavy atom. The van der Waals surface area contributed by atoms with Crippen LogP contribution in [0.2, 0.25) is 0 Å². The third kappa shape index (κ3) is 5.95. The number of nitrogens with zero attached hydrogens (tertiary/aromatic N) is 2. The summed E-state index contributed by atoms with van der Waals surface area (Å²) in [6.45, 7) is 10.7. The summed E-state index contributed by atoms with van der Waals surface area (Å²) in [6.07, 6.45) is 1.02. The van der Waals surface area contributed by atoms with E-state index in [2.05, 4.69) is 56.0 Å². The molecule has 0 amide bonds. The van der Waals surface area contributed by atoms with Crippen LogP contribution in [0.5, 0.6) is 5.75 Å². The first-order valence-electron chi connectivity index (χ1n) is 13.2. The van der Waals surface area contributed by atoms with Crippen LogP contribution in [0.1, 0.15) is 64.6 Å². The second kappa shape index (κ2) is 11.5. The number of benzene rings is 3. The Morgan fingerprint density at radius 3 is 2.61 bits per heavy atom. The van der Waals surface area contributed by atoms with E-state index in [1.807, 2.05) is 25.1 Å². The predicted octanol–water partition coefficient (Wildman–Crippen LogP) is 5.28. The lowest BCUT2D eigenvalue weighted by Crippen LogP contribution is -2.32. The van der Waals surface area contributed by atoms with Gasteiger partial charge in [-0.05, 0) is 67.1 Å². The van der Waals surface area contributed by atoms with Gasteiger partial charge < -0.3 is 20.6 Å². The smallest absolute Gasteiger partial charge is 0.304 e. The summed E-state index contributed by atoms with van der Waals surface area (Å²) in [7, 11) is 1.74. The van der Waals surface area contributed by atoms with Gasteiger partial charge in [-0.2, -0.15) is 0 Å². The second-order valence-electron chi connectivity index (χ2n) is 10.6. The fourth-order valence-electron chi connectivity index (χ4n) is 5.41. The van der Waals surface area contributed by atoms with Gasteiger partial charge in [-0.15, -0.1) is 0 Å². The molecule has 3 aromatic rings. The molecule has 0 saturated heterocycles. The van der Waals surface area contributed by atoms with Crippen LogP contribution >= 0.6 is 0 Å². The number of aliphatic carboxylic acids is 1. The Morgan fingerprint density at radius 2 is 1.92 bits per heavy atom. The van der Waals surface area contributed by atoms with Crippen molar-refractivity contribution in [3.8, 4) is 5.75 Å². The molecule has 202 valence electrons. The molecule has 0 spiro atoms. The molecule has 7 nitrogen and oxygen atoms in total. The zero-order valence-corrected chi connectivity index (χ0v) is 23.1. The van der Waals surface area contributed by atoms with Crippen LogP contribution in [-0.2, 0) is 17.9 Å². The minimum Gasteiger partial charge on any atom is -0.489 e. The molecule has 0 aliphatic carbocycles. The summed E-state index contributed by atoms with van der Waals surface area (Å²) >= 11 is 0. The molecule has 38 heavy (non-hydrogen) atoms. The average molecular weight is 517 g/mol. The van der Waals surface area contributed by atoms with Crippen molar-refractivity contribution in [2.45, 2.75) is 65.6 Å². The molecule has 1 unspecified atom stereocenters. The van der Waals surface area contributed by atoms with E-state index < -0.39 is 5.97 Å². The lowest BCUT2D eigenvalue weighted by atomic mass is 9.84. The third-order valence-electron chi connectivity index (χ3n) is 7.66. The molecule has 3 aromatic carbocycles. The van der Waals surface area contributed by atoms with E-state index in [9.17, 15) is 9.90 Å². The van der Waals surface area contributed by atoms with E-state index >= 15 is 0 Å². The highest BCUT2D eigenvalue weighted by Gasteiger charge is 2.25. The van der Waals surface area contributed by atoms with Crippen LogP contribution in [0.25, 0.3) is 0 Å². The number of hydrogen-bond acceptors (Lipinski definition) is 6. The average Bonchev–Trinajstić information content (AvgIpc) is 3.03. The van der Waals surface area contributed by atoms with E-state index in [4.69, 9.17) is 16.3 Å². The van der Waals surface area contributed by atoms with E-state index in [1.54, 1.807) is 7.05 Å². The number of nitrogens with two attached hydrogens (primary N) is 2. The number of carbonyl (C=O) groups is 1. The van der Waals surface area contributed by atoms with Crippen molar-refractivity contribution in [2.75, 3.05) is 24.3 Å². The zero-order chi connectivity index (χ0) is 27.6. The molecule has 2 atom stereocenters. The number of carboxylic acids is 1. The van der Waals surface area contributed by atoms with Crippen LogP contribution in [0, 0.1) is 20.8 Å². The predicted molar refractivity (Wildman–Crippen MR) is 153 cm³/mol. The first kappa shape index (κ1) is 27.5. The van der Waals surface area contributed by atoms with Gasteiger partial charge in [0.25, 0.3) is 0 Å². The Bertz CT molecular complexity index is 1320. The topological polar surface area (TPSA) is 105 Å². The fraction of sp³-hybridized carbons (Fsp3) is 0.387. The molecule has 0 saturated carbocycles. The number of fused-ring (bicyclic) bond motifs is 1. The first-order valence-corrected chi connectivity index (χ1v) is 13.2. The molecule has 1 aliphatic heterocycles. The van der Waals surface area contributed by atoms with Crippen molar-refractivity contribution in [1.29, 1.82) is 0 Å². The standard InChI is InChI=1S/C31H40N4O3/c1-6-25-18-35(17-24-13-19(2)7-12-29(24)38-25)16-23-14-22(9-8-20(23)3)27(15-30(36)37)26-10-11-28(34(5)33)31(32)21(26)4/h7-14,25,27H,6,15-18,32-33H2,1-5H3,(H,36,37)/t25-,27?/m1/s1. The molecule has 0 aromatic heterocycles. The highest BCUT2D eigenvalue weighted by atomic mass is 16.5. The summed E-state index contributed by atoms with van der Waals surface area (Å²) in [5.74, 6) is 5.73. The minimum absolute atomic E-state index is 0.0251. The highest BCUT2D eigenvalue weighted by Crippen LogP contribution is 2.37. The van der Waals surface area contributed by atoms with E-state index in [0.29, 0.717) is 11.4 Å². The molecule has 7 heteroatoms. The molecule has 1 aliphatic rings. The van der Waals surface area contributed by atoms with Crippen molar-refractivity contribution < 1.29 is 14.6 Å². The SMILES string of the molecule is CC[C@@H]1CN(Cc2cc(C(CC(=O)O)c3ccc(N(C)N)c(N)c3C)ccc2C)Cc2cc(C)ccc2O1. The van der Waals surface area contributed by atoms with Crippen molar-refractivity contribution in [3.05, 3.63) is 87.5 Å². The van der Waals surface area contributed by atoms with Gasteiger partial charge in [0.1, 0.15) is 11.9 Å². The molecule has 1 heterocycles. The van der Waals surface area contributed by atoms with Crippen LogP contribution in [-0.4, -0.2) is 35.7 Å². The number of carboxylic acid groups (broad SMARTS) is 1. The van der Waals surface area contributed by atoms with Crippen molar-refractivity contribution in [2.24, 2.45) is 5.84 Å².